The number of rotatable bonds is 6. The Morgan fingerprint density at radius 2 is 2.03 bits per heavy atom. The number of hydrogen-bond acceptors (Lipinski definition) is 7. The van der Waals surface area contributed by atoms with Crippen LogP contribution in [0.4, 0.5) is 11.6 Å². The summed E-state index contributed by atoms with van der Waals surface area (Å²) in [4.78, 5) is 18.4. The van der Waals surface area contributed by atoms with Crippen molar-refractivity contribution in [2.75, 3.05) is 37.4 Å². The van der Waals surface area contributed by atoms with Gasteiger partial charge in [-0.1, -0.05) is 6.07 Å². The first kappa shape index (κ1) is 22.9. The van der Waals surface area contributed by atoms with Gasteiger partial charge in [0.15, 0.2) is 11.7 Å². The van der Waals surface area contributed by atoms with Crippen molar-refractivity contribution in [1.29, 1.82) is 0 Å². The molecule has 3 aromatic rings. The number of nitrogens with one attached hydrogen (secondary N) is 1. The van der Waals surface area contributed by atoms with Gasteiger partial charge in [-0.25, -0.2) is 15.0 Å². The zero-order valence-electron chi connectivity index (χ0n) is 20.6. The van der Waals surface area contributed by atoms with Crippen LogP contribution in [0.25, 0.3) is 17.2 Å². The molecule has 0 spiro atoms. The van der Waals surface area contributed by atoms with Crippen molar-refractivity contribution in [2.24, 2.45) is 0 Å². The molecule has 0 aliphatic carbocycles. The maximum absolute atomic E-state index is 6.01. The van der Waals surface area contributed by atoms with Crippen molar-refractivity contribution in [3.63, 3.8) is 0 Å². The van der Waals surface area contributed by atoms with E-state index < -0.39 is 0 Å². The molecule has 1 saturated heterocycles. The highest BCUT2D eigenvalue weighted by Gasteiger charge is 2.25. The van der Waals surface area contributed by atoms with Crippen LogP contribution in [0.3, 0.4) is 0 Å². The summed E-state index contributed by atoms with van der Waals surface area (Å²) in [7, 11) is 3.98. The SMILES string of the molecule is C=C(OC(C)(C)C)N1CCCC(Nc2cc(N(C)C)nc(-c3cnc4ccc(C)cn34)n2)C1. The van der Waals surface area contributed by atoms with Crippen LogP contribution in [0.2, 0.25) is 0 Å². The van der Waals surface area contributed by atoms with E-state index >= 15 is 0 Å². The van der Waals surface area contributed by atoms with Crippen LogP contribution in [0.1, 0.15) is 39.2 Å². The van der Waals surface area contributed by atoms with Crippen LogP contribution < -0.4 is 10.2 Å². The molecule has 8 heteroatoms. The van der Waals surface area contributed by atoms with Crippen LogP contribution in [-0.2, 0) is 4.74 Å². The Balaban J connectivity index is 1.60. The van der Waals surface area contributed by atoms with E-state index in [0.29, 0.717) is 5.82 Å². The number of hydrogen-bond donors (Lipinski definition) is 1. The molecule has 3 aromatic heterocycles. The average molecular weight is 450 g/mol. The van der Waals surface area contributed by atoms with Crippen molar-refractivity contribution in [2.45, 2.75) is 52.2 Å². The summed E-state index contributed by atoms with van der Waals surface area (Å²) in [6, 6.07) is 6.30. The van der Waals surface area contributed by atoms with Crippen LogP contribution in [0.5, 0.6) is 0 Å². The predicted octanol–water partition coefficient (Wildman–Crippen LogP) is 4.33. The van der Waals surface area contributed by atoms with Gasteiger partial charge in [0.1, 0.15) is 28.6 Å². The molecule has 0 bridgehead atoms. The van der Waals surface area contributed by atoms with Gasteiger partial charge >= 0.3 is 0 Å². The Morgan fingerprint density at radius 3 is 2.76 bits per heavy atom. The highest BCUT2D eigenvalue weighted by atomic mass is 16.5. The highest BCUT2D eigenvalue weighted by Crippen LogP contribution is 2.26. The van der Waals surface area contributed by atoms with E-state index in [2.05, 4.69) is 41.0 Å². The van der Waals surface area contributed by atoms with E-state index in [-0.39, 0.29) is 11.6 Å². The van der Waals surface area contributed by atoms with Crippen LogP contribution in [0.15, 0.2) is 43.1 Å². The lowest BCUT2D eigenvalue weighted by atomic mass is 10.1. The van der Waals surface area contributed by atoms with Crippen molar-refractivity contribution in [3.8, 4) is 11.5 Å². The fourth-order valence-corrected chi connectivity index (χ4v) is 4.05. The molecular formula is C25H35N7O. The summed E-state index contributed by atoms with van der Waals surface area (Å²) in [5, 5.41) is 3.64. The molecule has 1 unspecified atom stereocenters. The third-order valence-electron chi connectivity index (χ3n) is 5.60. The summed E-state index contributed by atoms with van der Waals surface area (Å²) in [5.41, 5.74) is 2.65. The normalized spacial score (nSPS) is 16.7. The number of piperidine rings is 1. The number of fused-ring (bicyclic) bond motifs is 1. The molecule has 1 aliphatic rings. The third-order valence-corrected chi connectivity index (χ3v) is 5.60. The summed E-state index contributed by atoms with van der Waals surface area (Å²) in [6.45, 7) is 14.1. The molecule has 1 atom stereocenters. The molecule has 0 radical (unpaired) electrons. The summed E-state index contributed by atoms with van der Waals surface area (Å²) in [5.74, 6) is 3.03. The lowest BCUT2D eigenvalue weighted by Crippen LogP contribution is -2.43. The number of pyridine rings is 1. The number of ether oxygens (including phenoxy) is 1. The van der Waals surface area contributed by atoms with Crippen molar-refractivity contribution in [1.82, 2.24) is 24.3 Å². The van der Waals surface area contributed by atoms with Gasteiger partial charge < -0.3 is 19.9 Å². The van der Waals surface area contributed by atoms with E-state index in [1.54, 1.807) is 0 Å². The molecule has 1 aliphatic heterocycles. The van der Waals surface area contributed by atoms with Gasteiger partial charge in [0.05, 0.1) is 6.20 Å². The smallest absolute Gasteiger partial charge is 0.182 e. The zero-order valence-corrected chi connectivity index (χ0v) is 20.6. The second-order valence-electron chi connectivity index (χ2n) is 9.95. The van der Waals surface area contributed by atoms with Crippen molar-refractivity contribution < 1.29 is 4.74 Å². The first-order chi connectivity index (χ1) is 15.6. The fraction of sp³-hybridized carbons (Fsp3) is 0.480. The van der Waals surface area contributed by atoms with E-state index in [1.807, 2.05) is 62.5 Å². The maximum atomic E-state index is 6.01. The van der Waals surface area contributed by atoms with E-state index in [4.69, 9.17) is 14.7 Å². The molecule has 1 N–H and O–H groups in total. The van der Waals surface area contributed by atoms with Gasteiger partial charge in [-0.2, -0.15) is 0 Å². The Morgan fingerprint density at radius 1 is 1.24 bits per heavy atom. The first-order valence-corrected chi connectivity index (χ1v) is 11.5. The van der Waals surface area contributed by atoms with Gasteiger partial charge in [-0.05, 0) is 58.7 Å². The topological polar surface area (TPSA) is 70.8 Å². The van der Waals surface area contributed by atoms with E-state index in [0.717, 1.165) is 60.4 Å². The van der Waals surface area contributed by atoms with Crippen LogP contribution >= 0.6 is 0 Å². The maximum Gasteiger partial charge on any atom is 0.182 e. The second-order valence-corrected chi connectivity index (χ2v) is 9.95. The van der Waals surface area contributed by atoms with E-state index in [1.165, 1.54) is 0 Å². The van der Waals surface area contributed by atoms with Crippen molar-refractivity contribution >= 4 is 17.3 Å². The Bertz CT molecular complexity index is 1150. The molecule has 0 aromatic carbocycles. The summed E-state index contributed by atoms with van der Waals surface area (Å²) < 4.78 is 8.05. The lowest BCUT2D eigenvalue weighted by molar-refractivity contribution is -0.00273. The van der Waals surface area contributed by atoms with Crippen LogP contribution in [0, 0.1) is 6.92 Å². The molecule has 176 valence electrons. The number of anilines is 2. The van der Waals surface area contributed by atoms with Gasteiger partial charge in [-0.3, -0.25) is 4.40 Å². The highest BCUT2D eigenvalue weighted by molar-refractivity contribution is 5.62. The number of imidazole rings is 1. The largest absolute Gasteiger partial charge is 0.474 e. The van der Waals surface area contributed by atoms with Gasteiger partial charge in [0, 0.05) is 45.5 Å². The van der Waals surface area contributed by atoms with Crippen molar-refractivity contribution in [3.05, 3.63) is 48.6 Å². The minimum absolute atomic E-state index is 0.237. The molecule has 0 saturated carbocycles. The molecular weight excluding hydrogens is 414 g/mol. The van der Waals surface area contributed by atoms with Gasteiger partial charge in [0.2, 0.25) is 0 Å². The second kappa shape index (κ2) is 8.92. The number of aromatic nitrogens is 4. The number of aryl methyl sites for hydroxylation is 1. The minimum Gasteiger partial charge on any atom is -0.474 e. The van der Waals surface area contributed by atoms with Gasteiger partial charge in [-0.15, -0.1) is 0 Å². The Hall–Kier alpha value is -3.29. The molecule has 4 rings (SSSR count). The number of nitrogens with zero attached hydrogens (tertiary/aromatic N) is 6. The third kappa shape index (κ3) is 5.38. The van der Waals surface area contributed by atoms with Gasteiger partial charge in [0.25, 0.3) is 0 Å². The fourth-order valence-electron chi connectivity index (χ4n) is 4.05. The lowest BCUT2D eigenvalue weighted by Gasteiger charge is -2.37. The molecule has 33 heavy (non-hydrogen) atoms. The molecule has 1 fully saturated rings. The van der Waals surface area contributed by atoms with E-state index in [9.17, 15) is 0 Å². The number of likely N-dealkylation sites (tertiary alicyclic amines) is 1. The quantitative estimate of drug-likeness (QED) is 0.562. The Kier molecular flexibility index (Phi) is 6.19. The molecule has 0 amide bonds. The zero-order chi connectivity index (χ0) is 23.8. The summed E-state index contributed by atoms with van der Waals surface area (Å²) in [6.07, 6.45) is 6.03. The predicted molar refractivity (Wildman–Crippen MR) is 133 cm³/mol. The van der Waals surface area contributed by atoms with Crippen LogP contribution in [-0.4, -0.2) is 63.1 Å². The standard InChI is InChI=1S/C25H35N7O/c1-17-10-11-22-26-14-20(32(22)15-17)24-28-21(13-23(29-24)30(6)7)27-19-9-8-12-31(16-19)18(2)33-25(3,4)5/h10-11,13-15,19H,2,8-9,12,16H2,1,3-7H3,(H,27,28,29). The monoisotopic (exact) mass is 449 g/mol. The molecule has 8 nitrogen and oxygen atoms in total. The average Bonchev–Trinajstić information content (AvgIpc) is 3.15. The summed E-state index contributed by atoms with van der Waals surface area (Å²) >= 11 is 0. The molecule has 4 heterocycles. The Labute approximate surface area is 196 Å². The minimum atomic E-state index is -0.258. The first-order valence-electron chi connectivity index (χ1n) is 11.5.